The van der Waals surface area contributed by atoms with Crippen LogP contribution < -0.4 is 55.8 Å². The van der Waals surface area contributed by atoms with Gasteiger partial charge in [-0.25, -0.2) is 5.43 Å². The quantitative estimate of drug-likeness (QED) is 0.0203. The lowest BCUT2D eigenvalue weighted by atomic mass is 10.1. The highest BCUT2D eigenvalue weighted by atomic mass is 16.7. The Labute approximate surface area is 226 Å². The Kier molecular flexibility index (Phi) is 22.5. The number of hydrogen-bond donors (Lipinski definition) is 10. The SMILES string of the molecule is CCCCON([C@H](C=O)CCCNC(N)N)N(N[C@H](C=O)CCCNC(N)N)[C@H](C=O)CCCNC(N)N. The van der Waals surface area contributed by atoms with Gasteiger partial charge in [-0.3, -0.25) is 20.8 Å². The second-order valence-electron chi connectivity index (χ2n) is 8.98. The fourth-order valence-corrected chi connectivity index (χ4v) is 3.48. The van der Waals surface area contributed by atoms with Gasteiger partial charge >= 0.3 is 0 Å². The molecule has 16 N–H and O–H groups in total. The number of rotatable bonds is 27. The lowest BCUT2D eigenvalue weighted by Crippen LogP contribution is -2.63. The van der Waals surface area contributed by atoms with Gasteiger partial charge in [0.25, 0.3) is 0 Å². The van der Waals surface area contributed by atoms with E-state index in [2.05, 4.69) is 21.4 Å². The summed E-state index contributed by atoms with van der Waals surface area (Å²) in [5, 5.41) is 11.5. The highest BCUT2D eigenvalue weighted by molar-refractivity contribution is 5.60. The normalized spacial score (nSPS) is 14.5. The number of hydrazine groups is 2. The molecule has 0 saturated carbocycles. The number of nitrogens with zero attached hydrogens (tertiary/aromatic N) is 2. The minimum Gasteiger partial charge on any atom is -0.304 e. The van der Waals surface area contributed by atoms with Gasteiger partial charge < -0.3 is 48.8 Å². The van der Waals surface area contributed by atoms with Crippen LogP contribution in [0.1, 0.15) is 58.3 Å². The molecule has 0 fully saturated rings. The molecule has 16 heteroatoms. The lowest BCUT2D eigenvalue weighted by molar-refractivity contribution is -0.328. The fourth-order valence-electron chi connectivity index (χ4n) is 3.48. The number of carbonyl (C=O) groups excluding carboxylic acids is 3. The maximum Gasteiger partial charge on any atom is 0.141 e. The summed E-state index contributed by atoms with van der Waals surface area (Å²) in [5.41, 5.74) is 36.3. The van der Waals surface area contributed by atoms with Gasteiger partial charge in [0.2, 0.25) is 0 Å². The predicted octanol–water partition coefficient (Wildman–Crippen LogP) is -3.84. The molecular formula is C22H52N12O4. The summed E-state index contributed by atoms with van der Waals surface area (Å²) < 4.78 is 0. The third kappa shape index (κ3) is 17.9. The van der Waals surface area contributed by atoms with Gasteiger partial charge in [-0.2, -0.15) is 0 Å². The van der Waals surface area contributed by atoms with E-state index < -0.39 is 37.0 Å². The van der Waals surface area contributed by atoms with Crippen molar-refractivity contribution >= 4 is 18.9 Å². The molecule has 0 amide bonds. The molecule has 0 bridgehead atoms. The van der Waals surface area contributed by atoms with Crippen molar-refractivity contribution in [2.75, 3.05) is 26.2 Å². The van der Waals surface area contributed by atoms with Crippen LogP contribution in [0.5, 0.6) is 0 Å². The standard InChI is InChI=1S/C22H52N12O4/c1-2-3-13-38-34(19(16-37)9-6-12-31-22(27)28)33(18(15-36)8-5-11-30-21(25)26)32-17(14-35)7-4-10-29-20(23)24/h14-22,29-32H,2-13,23-28H2,1H3/t17-,18-,19-/m0/s1. The molecule has 0 aromatic carbocycles. The second-order valence-corrected chi connectivity index (χ2v) is 8.98. The maximum atomic E-state index is 12.3. The van der Waals surface area contributed by atoms with Gasteiger partial charge in [-0.1, -0.05) is 18.5 Å². The molecular weight excluding hydrogens is 496 g/mol. The Morgan fingerprint density at radius 2 is 1.16 bits per heavy atom. The Bertz CT molecular complexity index is 603. The summed E-state index contributed by atoms with van der Waals surface area (Å²) >= 11 is 0. The first-order chi connectivity index (χ1) is 18.2. The van der Waals surface area contributed by atoms with E-state index in [4.69, 9.17) is 39.2 Å². The minimum atomic E-state index is -0.761. The summed E-state index contributed by atoms with van der Waals surface area (Å²) in [6.07, 6.45) is 4.67. The molecule has 16 nitrogen and oxygen atoms in total. The first-order valence-corrected chi connectivity index (χ1v) is 13.3. The Hall–Kier alpha value is -1.51. The van der Waals surface area contributed by atoms with Crippen molar-refractivity contribution in [2.45, 2.75) is 95.3 Å². The molecule has 0 rings (SSSR count). The average Bonchev–Trinajstić information content (AvgIpc) is 2.87. The molecule has 0 aliphatic carbocycles. The van der Waals surface area contributed by atoms with Gasteiger partial charge in [-0.15, -0.1) is 5.12 Å². The van der Waals surface area contributed by atoms with Crippen LogP contribution in [0.15, 0.2) is 0 Å². The zero-order chi connectivity index (χ0) is 28.8. The third-order valence-corrected chi connectivity index (χ3v) is 5.49. The van der Waals surface area contributed by atoms with Gasteiger partial charge in [0.1, 0.15) is 43.8 Å². The van der Waals surface area contributed by atoms with Crippen molar-refractivity contribution in [2.24, 2.45) is 34.4 Å². The number of aldehydes is 3. The van der Waals surface area contributed by atoms with Gasteiger partial charge in [0.05, 0.1) is 18.7 Å². The third-order valence-electron chi connectivity index (χ3n) is 5.49. The molecule has 38 heavy (non-hydrogen) atoms. The van der Waals surface area contributed by atoms with E-state index in [0.29, 0.717) is 64.8 Å². The summed E-state index contributed by atoms with van der Waals surface area (Å²) in [5.74, 6) is 0. The fraction of sp³-hybridized carbons (Fsp3) is 0.864. The summed E-state index contributed by atoms with van der Waals surface area (Å²) in [4.78, 5) is 42.5. The number of unbranched alkanes of at least 4 members (excludes halogenated alkanes) is 1. The first kappa shape index (κ1) is 36.5. The molecule has 0 unspecified atom stereocenters. The van der Waals surface area contributed by atoms with Gasteiger partial charge in [-0.05, 0) is 64.6 Å². The monoisotopic (exact) mass is 548 g/mol. The Balaban J connectivity index is 5.82. The maximum absolute atomic E-state index is 12.3. The number of nitrogens with one attached hydrogen (secondary N) is 4. The Morgan fingerprint density at radius 3 is 1.58 bits per heavy atom. The summed E-state index contributed by atoms with van der Waals surface area (Å²) in [6.45, 7) is 3.76. The molecule has 0 aromatic rings. The highest BCUT2D eigenvalue weighted by Gasteiger charge is 2.32. The number of hydroxylamine groups is 1. The van der Waals surface area contributed by atoms with Crippen LogP contribution in [-0.4, -0.2) is 92.4 Å². The molecule has 0 spiro atoms. The van der Waals surface area contributed by atoms with E-state index in [9.17, 15) is 14.4 Å². The smallest absolute Gasteiger partial charge is 0.141 e. The van der Waals surface area contributed by atoms with Crippen molar-refractivity contribution in [1.82, 2.24) is 31.7 Å². The van der Waals surface area contributed by atoms with E-state index in [1.54, 1.807) is 0 Å². The molecule has 0 aromatic heterocycles. The minimum absolute atomic E-state index is 0.310. The molecule has 0 radical (unpaired) electrons. The largest absolute Gasteiger partial charge is 0.304 e. The zero-order valence-corrected chi connectivity index (χ0v) is 22.7. The second kappa shape index (κ2) is 23.4. The topological polar surface area (TPSA) is 271 Å². The summed E-state index contributed by atoms with van der Waals surface area (Å²) in [6, 6.07) is -2.19. The Morgan fingerprint density at radius 1 is 0.684 bits per heavy atom. The van der Waals surface area contributed by atoms with Gasteiger partial charge in [0.15, 0.2) is 0 Å². The first-order valence-electron chi connectivity index (χ1n) is 13.3. The van der Waals surface area contributed by atoms with Gasteiger partial charge in [0, 0.05) is 0 Å². The van der Waals surface area contributed by atoms with Crippen molar-refractivity contribution in [3.63, 3.8) is 0 Å². The van der Waals surface area contributed by atoms with Crippen LogP contribution in [0, 0.1) is 0 Å². The van der Waals surface area contributed by atoms with E-state index in [1.165, 1.54) is 10.3 Å². The lowest BCUT2D eigenvalue weighted by Gasteiger charge is -2.41. The summed E-state index contributed by atoms with van der Waals surface area (Å²) in [7, 11) is 0. The van der Waals surface area contributed by atoms with Crippen molar-refractivity contribution in [1.29, 1.82) is 0 Å². The number of hydrogen-bond acceptors (Lipinski definition) is 16. The molecule has 0 aliphatic heterocycles. The van der Waals surface area contributed by atoms with Crippen LogP contribution in [0.25, 0.3) is 0 Å². The van der Waals surface area contributed by atoms with E-state index in [1.807, 2.05) is 6.92 Å². The predicted molar refractivity (Wildman–Crippen MR) is 145 cm³/mol. The number of carbonyl (C=O) groups is 3. The highest BCUT2D eigenvalue weighted by Crippen LogP contribution is 2.16. The molecule has 0 saturated heterocycles. The van der Waals surface area contributed by atoms with E-state index in [-0.39, 0.29) is 0 Å². The molecule has 0 heterocycles. The zero-order valence-electron chi connectivity index (χ0n) is 22.7. The molecule has 3 atom stereocenters. The molecule has 224 valence electrons. The van der Waals surface area contributed by atoms with Crippen molar-refractivity contribution in [3.05, 3.63) is 0 Å². The van der Waals surface area contributed by atoms with E-state index in [0.717, 1.165) is 31.7 Å². The number of nitrogens with two attached hydrogens (primary N) is 6. The van der Waals surface area contributed by atoms with Crippen LogP contribution in [0.4, 0.5) is 0 Å². The van der Waals surface area contributed by atoms with Crippen molar-refractivity contribution in [3.8, 4) is 0 Å². The van der Waals surface area contributed by atoms with Crippen molar-refractivity contribution < 1.29 is 19.2 Å². The van der Waals surface area contributed by atoms with Crippen LogP contribution in [-0.2, 0) is 19.2 Å². The van der Waals surface area contributed by atoms with E-state index >= 15 is 0 Å². The average molecular weight is 549 g/mol. The van der Waals surface area contributed by atoms with Crippen LogP contribution in [0.3, 0.4) is 0 Å². The molecule has 0 aliphatic rings. The van der Waals surface area contributed by atoms with Crippen LogP contribution in [0.2, 0.25) is 0 Å². The van der Waals surface area contributed by atoms with Crippen LogP contribution >= 0.6 is 0 Å².